The molecule has 1 heterocycles. The largest absolute Gasteiger partial charge is 0.396 e. The van der Waals surface area contributed by atoms with E-state index in [0.29, 0.717) is 12.2 Å². The van der Waals surface area contributed by atoms with Crippen LogP contribution in [0.25, 0.3) is 0 Å². The van der Waals surface area contributed by atoms with Crippen LogP contribution in [0, 0.1) is 3.57 Å². The molecular weight excluding hydrogens is 343 g/mol. The number of aryl methyl sites for hydroxylation is 1. The molecule has 0 aliphatic heterocycles. The summed E-state index contributed by atoms with van der Waals surface area (Å²) in [4.78, 5) is 12.0. The molecule has 94 valence electrons. The molecule has 0 bridgehead atoms. The van der Waals surface area contributed by atoms with Crippen molar-refractivity contribution in [1.82, 2.24) is 9.78 Å². The highest BCUT2D eigenvalue weighted by atomic mass is 127. The third-order valence-electron chi connectivity index (χ3n) is 2.43. The first-order valence-electron chi connectivity index (χ1n) is 5.50. The molecule has 5 nitrogen and oxygen atoms in total. The minimum Gasteiger partial charge on any atom is -0.396 e. The number of carbonyl (C=O) groups is 1. The Bertz CT molecular complexity index is 562. The van der Waals surface area contributed by atoms with Crippen LogP contribution in [0.15, 0.2) is 30.5 Å². The Morgan fingerprint density at radius 3 is 2.67 bits per heavy atom. The molecule has 0 radical (unpaired) electrons. The molecule has 2 aromatic rings. The lowest BCUT2D eigenvalue weighted by Gasteiger charge is -2.03. The van der Waals surface area contributed by atoms with Gasteiger partial charge in [-0.3, -0.25) is 9.48 Å². The number of aromatic nitrogens is 2. The molecule has 0 spiro atoms. The van der Waals surface area contributed by atoms with Gasteiger partial charge in [0.15, 0.2) is 5.69 Å². The predicted octanol–water partition coefficient (Wildman–Crippen LogP) is 2.34. The number of hydrogen-bond acceptors (Lipinski definition) is 3. The first-order chi connectivity index (χ1) is 8.60. The molecule has 3 N–H and O–H groups in total. The number of carbonyl (C=O) groups excluding carboxylic acids is 1. The van der Waals surface area contributed by atoms with Gasteiger partial charge in [0.1, 0.15) is 0 Å². The summed E-state index contributed by atoms with van der Waals surface area (Å²) in [5, 5.41) is 6.89. The van der Waals surface area contributed by atoms with E-state index in [1.165, 1.54) is 0 Å². The number of benzene rings is 1. The smallest absolute Gasteiger partial charge is 0.278 e. The summed E-state index contributed by atoms with van der Waals surface area (Å²) < 4.78 is 2.75. The number of nitrogens with zero attached hydrogens (tertiary/aromatic N) is 2. The van der Waals surface area contributed by atoms with E-state index in [4.69, 9.17) is 5.73 Å². The number of amides is 1. The lowest BCUT2D eigenvalue weighted by atomic mass is 10.3. The topological polar surface area (TPSA) is 72.9 Å². The summed E-state index contributed by atoms with van der Waals surface area (Å²) in [5.41, 5.74) is 7.13. The fourth-order valence-corrected chi connectivity index (χ4v) is 1.86. The number of anilines is 2. The summed E-state index contributed by atoms with van der Waals surface area (Å²) in [6.45, 7) is 2.62. The number of halogens is 1. The van der Waals surface area contributed by atoms with Crippen molar-refractivity contribution in [2.45, 2.75) is 13.5 Å². The van der Waals surface area contributed by atoms with E-state index in [9.17, 15) is 4.79 Å². The summed E-state index contributed by atoms with van der Waals surface area (Å²) in [5.74, 6) is -0.291. The Morgan fingerprint density at radius 1 is 1.44 bits per heavy atom. The molecule has 0 unspecified atom stereocenters. The highest BCUT2D eigenvalue weighted by Crippen LogP contribution is 2.14. The van der Waals surface area contributed by atoms with Gasteiger partial charge in [-0.1, -0.05) is 0 Å². The van der Waals surface area contributed by atoms with Crippen LogP contribution in [0.3, 0.4) is 0 Å². The van der Waals surface area contributed by atoms with Gasteiger partial charge in [-0.05, 0) is 53.8 Å². The van der Waals surface area contributed by atoms with Gasteiger partial charge >= 0.3 is 0 Å². The molecule has 0 aliphatic carbocycles. The Balaban J connectivity index is 2.16. The number of nitrogen functional groups attached to an aromatic ring is 1. The fraction of sp³-hybridized carbons (Fsp3) is 0.167. The second-order valence-electron chi connectivity index (χ2n) is 3.75. The zero-order valence-electron chi connectivity index (χ0n) is 9.85. The molecule has 0 atom stereocenters. The van der Waals surface area contributed by atoms with E-state index in [1.54, 1.807) is 10.9 Å². The normalized spacial score (nSPS) is 10.3. The molecule has 1 aromatic carbocycles. The molecule has 2 rings (SSSR count). The van der Waals surface area contributed by atoms with Crippen LogP contribution in [0.5, 0.6) is 0 Å². The summed E-state index contributed by atoms with van der Waals surface area (Å²) in [6.07, 6.45) is 1.66. The molecule has 18 heavy (non-hydrogen) atoms. The molecular formula is C12H13IN4O. The second kappa shape index (κ2) is 5.38. The van der Waals surface area contributed by atoms with E-state index in [2.05, 4.69) is 33.0 Å². The molecule has 0 saturated heterocycles. The van der Waals surface area contributed by atoms with Crippen molar-refractivity contribution < 1.29 is 4.79 Å². The number of nitrogens with two attached hydrogens (primary N) is 1. The first-order valence-corrected chi connectivity index (χ1v) is 6.58. The number of rotatable bonds is 3. The summed E-state index contributed by atoms with van der Waals surface area (Å²) in [7, 11) is 0. The predicted molar refractivity (Wildman–Crippen MR) is 79.4 cm³/mol. The van der Waals surface area contributed by atoms with E-state index >= 15 is 0 Å². The van der Waals surface area contributed by atoms with Crippen LogP contribution in [0.4, 0.5) is 11.4 Å². The van der Waals surface area contributed by atoms with Crippen LogP contribution in [0.1, 0.15) is 17.4 Å². The van der Waals surface area contributed by atoms with Gasteiger partial charge in [-0.2, -0.15) is 5.10 Å². The maximum absolute atomic E-state index is 12.0. The van der Waals surface area contributed by atoms with Crippen molar-refractivity contribution >= 4 is 39.9 Å². The fourth-order valence-electron chi connectivity index (χ4n) is 1.50. The van der Waals surface area contributed by atoms with Crippen molar-refractivity contribution in [3.8, 4) is 0 Å². The van der Waals surface area contributed by atoms with Crippen molar-refractivity contribution in [2.24, 2.45) is 0 Å². The van der Waals surface area contributed by atoms with Gasteiger partial charge in [0.25, 0.3) is 5.91 Å². The monoisotopic (exact) mass is 356 g/mol. The van der Waals surface area contributed by atoms with Crippen LogP contribution in [-0.4, -0.2) is 15.7 Å². The van der Waals surface area contributed by atoms with Crippen LogP contribution < -0.4 is 11.1 Å². The van der Waals surface area contributed by atoms with E-state index in [-0.39, 0.29) is 11.6 Å². The maximum Gasteiger partial charge on any atom is 0.278 e. The average molecular weight is 356 g/mol. The first kappa shape index (κ1) is 12.9. The Morgan fingerprint density at radius 2 is 2.11 bits per heavy atom. The molecule has 6 heteroatoms. The third-order valence-corrected chi connectivity index (χ3v) is 3.15. The quantitative estimate of drug-likeness (QED) is 0.830. The van der Waals surface area contributed by atoms with Gasteiger partial charge in [-0.15, -0.1) is 0 Å². The molecule has 0 aliphatic rings. The van der Waals surface area contributed by atoms with Gasteiger partial charge < -0.3 is 11.1 Å². The van der Waals surface area contributed by atoms with E-state index in [1.807, 2.05) is 31.2 Å². The van der Waals surface area contributed by atoms with Gasteiger partial charge in [0.05, 0.1) is 5.69 Å². The Hall–Kier alpha value is -1.57. The van der Waals surface area contributed by atoms with Gasteiger partial charge in [0, 0.05) is 22.0 Å². The van der Waals surface area contributed by atoms with Crippen LogP contribution >= 0.6 is 22.6 Å². The Kier molecular flexibility index (Phi) is 3.85. The molecule has 0 fully saturated rings. The molecule has 1 amide bonds. The summed E-state index contributed by atoms with van der Waals surface area (Å²) in [6, 6.07) is 7.52. The van der Waals surface area contributed by atoms with Crippen molar-refractivity contribution in [3.63, 3.8) is 0 Å². The molecule has 0 saturated carbocycles. The minimum absolute atomic E-state index is 0.260. The maximum atomic E-state index is 12.0. The van der Waals surface area contributed by atoms with Gasteiger partial charge in [0.2, 0.25) is 0 Å². The average Bonchev–Trinajstić information content (AvgIpc) is 2.73. The highest BCUT2D eigenvalue weighted by Gasteiger charge is 2.14. The van der Waals surface area contributed by atoms with E-state index < -0.39 is 0 Å². The SMILES string of the molecule is CCn1cc(N)c(C(=O)Nc2ccc(I)cc2)n1. The third kappa shape index (κ3) is 2.81. The van der Waals surface area contributed by atoms with Crippen molar-refractivity contribution in [2.75, 3.05) is 11.1 Å². The number of nitrogens with one attached hydrogen (secondary N) is 1. The number of hydrogen-bond donors (Lipinski definition) is 2. The van der Waals surface area contributed by atoms with Crippen molar-refractivity contribution in [1.29, 1.82) is 0 Å². The molecule has 1 aromatic heterocycles. The van der Waals surface area contributed by atoms with Crippen molar-refractivity contribution in [3.05, 3.63) is 39.7 Å². The lowest BCUT2D eigenvalue weighted by Crippen LogP contribution is -2.14. The second-order valence-corrected chi connectivity index (χ2v) is 5.00. The minimum atomic E-state index is -0.291. The van der Waals surface area contributed by atoms with Crippen LogP contribution in [-0.2, 0) is 6.54 Å². The zero-order valence-corrected chi connectivity index (χ0v) is 12.0. The van der Waals surface area contributed by atoms with E-state index in [0.717, 1.165) is 9.26 Å². The lowest BCUT2D eigenvalue weighted by molar-refractivity contribution is 0.102. The van der Waals surface area contributed by atoms with Gasteiger partial charge in [-0.25, -0.2) is 0 Å². The summed E-state index contributed by atoms with van der Waals surface area (Å²) >= 11 is 2.21. The highest BCUT2D eigenvalue weighted by molar-refractivity contribution is 14.1. The zero-order chi connectivity index (χ0) is 13.1. The standard InChI is InChI=1S/C12H13IN4O/c1-2-17-7-10(14)11(16-17)12(18)15-9-5-3-8(13)4-6-9/h3-7H,2,14H2,1H3,(H,15,18). The van der Waals surface area contributed by atoms with Crippen LogP contribution in [0.2, 0.25) is 0 Å². The Labute approximate surface area is 119 Å².